The first-order valence-electron chi connectivity index (χ1n) is 13.6. The summed E-state index contributed by atoms with van der Waals surface area (Å²) in [5, 5.41) is 5.46. The molecule has 0 radical (unpaired) electrons. The highest BCUT2D eigenvalue weighted by molar-refractivity contribution is 5.84. The van der Waals surface area contributed by atoms with Crippen LogP contribution in [0.4, 0.5) is 21.2 Å². The number of ether oxygens (including phenoxy) is 2. The molecule has 0 aliphatic carbocycles. The van der Waals surface area contributed by atoms with Gasteiger partial charge in [-0.15, -0.1) is 0 Å². The average Bonchev–Trinajstić information content (AvgIpc) is 2.90. The maximum atomic E-state index is 12.5. The van der Waals surface area contributed by atoms with Crippen LogP contribution in [0.3, 0.4) is 0 Å². The maximum absolute atomic E-state index is 12.5. The smallest absolute Gasteiger partial charge is 0.413 e. The van der Waals surface area contributed by atoms with Crippen LogP contribution < -0.4 is 10.6 Å². The highest BCUT2D eigenvalue weighted by Crippen LogP contribution is 2.41. The molecule has 0 aromatic carbocycles. The summed E-state index contributed by atoms with van der Waals surface area (Å²) < 4.78 is 10.9. The van der Waals surface area contributed by atoms with Gasteiger partial charge in [0, 0.05) is 30.2 Å². The van der Waals surface area contributed by atoms with Gasteiger partial charge < -0.3 is 9.47 Å². The van der Waals surface area contributed by atoms with Crippen LogP contribution in [0.15, 0.2) is 85.3 Å². The van der Waals surface area contributed by atoms with Gasteiger partial charge in [-0.05, 0) is 89.6 Å². The number of hydrogen-bond acceptors (Lipinski definition) is 8. The monoisotopic (exact) mass is 568 g/mol. The van der Waals surface area contributed by atoms with Crippen molar-refractivity contribution in [3.8, 4) is 0 Å². The Bertz CT molecular complexity index is 1390. The van der Waals surface area contributed by atoms with Gasteiger partial charge in [-0.1, -0.05) is 24.3 Å². The SMILES string of the molecule is CC(C)(C)OC(=O)Nc1cccc(C(c2cccc(NC(=O)OC(C)(C)C)n2)C(c2cccnc2)c2ccccn2)n1. The van der Waals surface area contributed by atoms with Gasteiger partial charge in [0.1, 0.15) is 22.8 Å². The summed E-state index contributed by atoms with van der Waals surface area (Å²) in [5.41, 5.74) is 1.56. The molecule has 0 saturated carbocycles. The molecule has 4 heterocycles. The van der Waals surface area contributed by atoms with E-state index in [0.717, 1.165) is 11.3 Å². The molecule has 1 unspecified atom stereocenters. The minimum absolute atomic E-state index is 0.320. The topological polar surface area (TPSA) is 128 Å². The highest BCUT2D eigenvalue weighted by atomic mass is 16.6. The van der Waals surface area contributed by atoms with Crippen molar-refractivity contribution < 1.29 is 19.1 Å². The van der Waals surface area contributed by atoms with Crippen molar-refractivity contribution in [2.45, 2.75) is 64.6 Å². The fraction of sp³-hybridized carbons (Fsp3) is 0.312. The zero-order valence-corrected chi connectivity index (χ0v) is 24.7. The zero-order chi connectivity index (χ0) is 30.3. The Kier molecular flexibility index (Phi) is 9.15. The molecule has 2 amide bonds. The first kappa shape index (κ1) is 30.1. The predicted octanol–water partition coefficient (Wildman–Crippen LogP) is 6.92. The Labute approximate surface area is 246 Å². The van der Waals surface area contributed by atoms with E-state index in [4.69, 9.17) is 19.4 Å². The number of amides is 2. The zero-order valence-electron chi connectivity index (χ0n) is 24.7. The Morgan fingerprint density at radius 1 is 0.643 bits per heavy atom. The Morgan fingerprint density at radius 2 is 1.19 bits per heavy atom. The molecule has 0 bridgehead atoms. The van der Waals surface area contributed by atoms with E-state index >= 15 is 0 Å². The molecule has 2 N–H and O–H groups in total. The highest BCUT2D eigenvalue weighted by Gasteiger charge is 2.32. The lowest BCUT2D eigenvalue weighted by molar-refractivity contribution is 0.0624. The van der Waals surface area contributed by atoms with Crippen LogP contribution in [0.2, 0.25) is 0 Å². The van der Waals surface area contributed by atoms with Crippen LogP contribution in [0, 0.1) is 0 Å². The predicted molar refractivity (Wildman–Crippen MR) is 160 cm³/mol. The van der Waals surface area contributed by atoms with Gasteiger partial charge in [0.05, 0.1) is 17.3 Å². The lowest BCUT2D eigenvalue weighted by Gasteiger charge is -2.27. The van der Waals surface area contributed by atoms with Crippen molar-refractivity contribution in [2.75, 3.05) is 10.6 Å². The first-order chi connectivity index (χ1) is 19.9. The van der Waals surface area contributed by atoms with Gasteiger partial charge in [0.25, 0.3) is 0 Å². The molecule has 4 aromatic heterocycles. The Balaban J connectivity index is 1.82. The number of nitrogens with one attached hydrogen (secondary N) is 2. The third kappa shape index (κ3) is 8.57. The minimum Gasteiger partial charge on any atom is -0.444 e. The summed E-state index contributed by atoms with van der Waals surface area (Å²) >= 11 is 0. The molecule has 0 aliphatic heterocycles. The number of hydrogen-bond donors (Lipinski definition) is 2. The molecule has 10 nitrogen and oxygen atoms in total. The molecule has 1 atom stereocenters. The van der Waals surface area contributed by atoms with Gasteiger partial charge in [-0.25, -0.2) is 19.6 Å². The summed E-state index contributed by atoms with van der Waals surface area (Å²) in [4.78, 5) is 43.8. The first-order valence-corrected chi connectivity index (χ1v) is 13.6. The van der Waals surface area contributed by atoms with Gasteiger partial charge in [0.2, 0.25) is 0 Å². The van der Waals surface area contributed by atoms with Gasteiger partial charge in [0.15, 0.2) is 0 Å². The van der Waals surface area contributed by atoms with Crippen molar-refractivity contribution in [2.24, 2.45) is 0 Å². The number of nitrogens with zero attached hydrogens (tertiary/aromatic N) is 4. The summed E-state index contributed by atoms with van der Waals surface area (Å²) in [6, 6.07) is 20.3. The fourth-order valence-corrected chi connectivity index (χ4v) is 4.35. The number of pyridine rings is 4. The normalized spacial score (nSPS) is 12.4. The van der Waals surface area contributed by atoms with Crippen LogP contribution in [0.1, 0.15) is 76.0 Å². The molecule has 10 heteroatoms. The lowest BCUT2D eigenvalue weighted by atomic mass is 9.79. The van der Waals surface area contributed by atoms with Crippen molar-refractivity contribution in [1.29, 1.82) is 0 Å². The van der Waals surface area contributed by atoms with E-state index in [2.05, 4.69) is 20.6 Å². The quantitative estimate of drug-likeness (QED) is 0.246. The summed E-state index contributed by atoms with van der Waals surface area (Å²) in [6.07, 6.45) is 4.01. The van der Waals surface area contributed by atoms with E-state index in [1.807, 2.05) is 54.6 Å². The molecular formula is C32H36N6O4. The second kappa shape index (κ2) is 12.8. The molecule has 4 rings (SSSR count). The van der Waals surface area contributed by atoms with E-state index in [1.54, 1.807) is 72.3 Å². The summed E-state index contributed by atoms with van der Waals surface area (Å²) in [6.45, 7) is 10.8. The van der Waals surface area contributed by atoms with Crippen molar-refractivity contribution in [3.05, 3.63) is 108 Å². The van der Waals surface area contributed by atoms with E-state index in [1.165, 1.54) is 0 Å². The molecule has 42 heavy (non-hydrogen) atoms. The second-order valence-electron chi connectivity index (χ2n) is 11.6. The van der Waals surface area contributed by atoms with Crippen LogP contribution in [0.25, 0.3) is 0 Å². The second-order valence-corrected chi connectivity index (χ2v) is 11.6. The molecule has 4 aromatic rings. The third-order valence-electron chi connectivity index (χ3n) is 5.82. The number of carbonyl (C=O) groups excluding carboxylic acids is 2. The van der Waals surface area contributed by atoms with Gasteiger partial charge >= 0.3 is 12.2 Å². The molecule has 0 fully saturated rings. The van der Waals surface area contributed by atoms with Gasteiger partial charge in [-0.2, -0.15) is 0 Å². The Morgan fingerprint density at radius 3 is 1.64 bits per heavy atom. The summed E-state index contributed by atoms with van der Waals surface area (Å²) in [5.74, 6) is -0.222. The van der Waals surface area contributed by atoms with Crippen LogP contribution in [0.5, 0.6) is 0 Å². The summed E-state index contributed by atoms with van der Waals surface area (Å²) in [7, 11) is 0. The Hall–Kier alpha value is -4.86. The van der Waals surface area contributed by atoms with Gasteiger partial charge in [-0.3, -0.25) is 20.6 Å². The van der Waals surface area contributed by atoms with E-state index in [0.29, 0.717) is 23.0 Å². The average molecular weight is 569 g/mol. The van der Waals surface area contributed by atoms with E-state index in [-0.39, 0.29) is 5.92 Å². The number of carbonyl (C=O) groups is 2. The van der Waals surface area contributed by atoms with Crippen molar-refractivity contribution in [3.63, 3.8) is 0 Å². The standard InChI is InChI=1S/C32H36N6O4/c1-31(2,3)41-29(39)37-25-16-9-14-23(35-25)28(24-15-10-17-26(36-24)38-30(40)42-32(4,5)6)27(21-12-11-18-33-20-21)22-13-7-8-19-34-22/h7-20,27-28H,1-6H3,(H,35,37,39)(H,36,38,40). The van der Waals surface area contributed by atoms with Crippen LogP contribution >= 0.6 is 0 Å². The number of rotatable bonds is 7. The molecular weight excluding hydrogens is 532 g/mol. The lowest BCUT2D eigenvalue weighted by Crippen LogP contribution is -2.28. The number of anilines is 2. The molecule has 0 saturated heterocycles. The van der Waals surface area contributed by atoms with Crippen molar-refractivity contribution >= 4 is 23.8 Å². The molecule has 218 valence electrons. The molecule has 0 aliphatic rings. The van der Waals surface area contributed by atoms with E-state index < -0.39 is 29.3 Å². The minimum atomic E-state index is -0.667. The van der Waals surface area contributed by atoms with Crippen LogP contribution in [-0.4, -0.2) is 43.3 Å². The van der Waals surface area contributed by atoms with Crippen LogP contribution in [-0.2, 0) is 9.47 Å². The third-order valence-corrected chi connectivity index (χ3v) is 5.82. The fourth-order valence-electron chi connectivity index (χ4n) is 4.35. The molecule has 0 spiro atoms. The maximum Gasteiger partial charge on any atom is 0.413 e. The van der Waals surface area contributed by atoms with Crippen molar-refractivity contribution in [1.82, 2.24) is 19.9 Å². The van der Waals surface area contributed by atoms with E-state index in [9.17, 15) is 9.59 Å². The number of aromatic nitrogens is 4. The largest absolute Gasteiger partial charge is 0.444 e.